The Morgan fingerprint density at radius 3 is 2.60 bits per heavy atom. The van der Waals surface area contributed by atoms with Gasteiger partial charge in [0.15, 0.2) is 0 Å². The van der Waals surface area contributed by atoms with Crippen molar-refractivity contribution >= 4 is 11.5 Å². The van der Waals surface area contributed by atoms with Crippen LogP contribution in [0.5, 0.6) is 0 Å². The molecule has 1 saturated heterocycles. The average Bonchev–Trinajstić information content (AvgIpc) is 2.38. The number of anilines is 1. The highest BCUT2D eigenvalue weighted by molar-refractivity contribution is 5.57. The first-order chi connectivity index (χ1) is 9.37. The zero-order valence-corrected chi connectivity index (χ0v) is 12.2. The van der Waals surface area contributed by atoms with Crippen LogP contribution in [-0.2, 0) is 4.74 Å². The van der Waals surface area contributed by atoms with Crippen LogP contribution in [0.3, 0.4) is 0 Å². The van der Waals surface area contributed by atoms with Crippen LogP contribution in [0, 0.1) is 10.1 Å². The zero-order valence-electron chi connectivity index (χ0n) is 12.2. The average molecular weight is 279 g/mol. The van der Waals surface area contributed by atoms with Gasteiger partial charge in [0.2, 0.25) is 5.82 Å². The van der Waals surface area contributed by atoms with Crippen LogP contribution in [0.1, 0.15) is 33.6 Å². The fourth-order valence-corrected chi connectivity index (χ4v) is 2.46. The van der Waals surface area contributed by atoms with Gasteiger partial charge in [-0.2, -0.15) is 0 Å². The Morgan fingerprint density at radius 1 is 1.40 bits per heavy atom. The molecule has 2 rings (SSSR count). The first-order valence-corrected chi connectivity index (χ1v) is 6.89. The minimum atomic E-state index is -0.375. The quantitative estimate of drug-likeness (QED) is 0.628. The van der Waals surface area contributed by atoms with E-state index >= 15 is 0 Å². The standard InChI is InChI=1S/C14H21N3O3/c1-14(2,3)20-11-6-9-16(10-7-11)13-12(17(18)19)5-4-8-15-13/h4-5,8,11H,6-7,9-10H2,1-3H3. The summed E-state index contributed by atoms with van der Waals surface area (Å²) in [6, 6.07) is 3.09. The molecule has 1 fully saturated rings. The first kappa shape index (κ1) is 14.7. The van der Waals surface area contributed by atoms with Crippen LogP contribution in [0.4, 0.5) is 11.5 Å². The van der Waals surface area contributed by atoms with Crippen LogP contribution in [0.2, 0.25) is 0 Å². The number of ether oxygens (including phenoxy) is 1. The Kier molecular flexibility index (Phi) is 4.23. The Hall–Kier alpha value is -1.69. The third-order valence-corrected chi connectivity index (χ3v) is 3.22. The van der Waals surface area contributed by atoms with Gasteiger partial charge in [-0.05, 0) is 39.7 Å². The molecule has 2 heterocycles. The molecule has 6 heteroatoms. The lowest BCUT2D eigenvalue weighted by atomic mass is 10.1. The van der Waals surface area contributed by atoms with Gasteiger partial charge in [-0.1, -0.05) is 0 Å². The second-order valence-corrected chi connectivity index (χ2v) is 6.02. The summed E-state index contributed by atoms with van der Waals surface area (Å²) in [7, 11) is 0. The van der Waals surface area contributed by atoms with Gasteiger partial charge in [0, 0.05) is 25.4 Å². The molecule has 1 aromatic rings. The van der Waals surface area contributed by atoms with Gasteiger partial charge in [0.25, 0.3) is 0 Å². The summed E-state index contributed by atoms with van der Waals surface area (Å²) in [5.74, 6) is 0.465. The van der Waals surface area contributed by atoms with Crippen molar-refractivity contribution < 1.29 is 9.66 Å². The molecule has 0 unspecified atom stereocenters. The molecular formula is C14H21N3O3. The largest absolute Gasteiger partial charge is 0.372 e. The summed E-state index contributed by atoms with van der Waals surface area (Å²) in [6.07, 6.45) is 3.55. The molecule has 0 spiro atoms. The molecule has 0 amide bonds. The second kappa shape index (κ2) is 5.75. The van der Waals surface area contributed by atoms with Gasteiger partial charge in [-0.3, -0.25) is 10.1 Å². The van der Waals surface area contributed by atoms with E-state index in [-0.39, 0.29) is 22.3 Å². The lowest BCUT2D eigenvalue weighted by Gasteiger charge is -2.35. The minimum absolute atomic E-state index is 0.0719. The lowest BCUT2D eigenvalue weighted by Crippen LogP contribution is -2.40. The van der Waals surface area contributed by atoms with Crippen molar-refractivity contribution in [2.75, 3.05) is 18.0 Å². The Labute approximate surface area is 118 Å². The second-order valence-electron chi connectivity index (χ2n) is 6.02. The predicted molar refractivity (Wildman–Crippen MR) is 77.0 cm³/mol. The number of nitrogens with zero attached hydrogens (tertiary/aromatic N) is 3. The molecular weight excluding hydrogens is 258 g/mol. The molecule has 0 N–H and O–H groups in total. The van der Waals surface area contributed by atoms with Gasteiger partial charge in [-0.25, -0.2) is 4.98 Å². The number of aromatic nitrogens is 1. The normalized spacial score (nSPS) is 17.2. The van der Waals surface area contributed by atoms with E-state index in [9.17, 15) is 10.1 Å². The molecule has 0 saturated carbocycles. The van der Waals surface area contributed by atoms with Crippen molar-refractivity contribution in [1.82, 2.24) is 4.98 Å². The summed E-state index contributed by atoms with van der Waals surface area (Å²) in [5.41, 5.74) is -0.0770. The molecule has 1 aliphatic rings. The highest BCUT2D eigenvalue weighted by atomic mass is 16.6. The van der Waals surface area contributed by atoms with Gasteiger partial charge in [-0.15, -0.1) is 0 Å². The monoisotopic (exact) mass is 279 g/mol. The SMILES string of the molecule is CC(C)(C)OC1CCN(c2ncccc2[N+](=O)[O-])CC1. The molecule has 1 aromatic heterocycles. The van der Waals surface area contributed by atoms with Crippen LogP contribution in [0.15, 0.2) is 18.3 Å². The molecule has 0 atom stereocenters. The molecule has 0 aliphatic carbocycles. The summed E-state index contributed by atoms with van der Waals surface area (Å²) >= 11 is 0. The number of hydrogen-bond donors (Lipinski definition) is 0. The van der Waals surface area contributed by atoms with Crippen molar-refractivity contribution in [2.24, 2.45) is 0 Å². The molecule has 0 bridgehead atoms. The molecule has 0 radical (unpaired) electrons. The summed E-state index contributed by atoms with van der Waals surface area (Å²) in [6.45, 7) is 7.60. The maximum absolute atomic E-state index is 11.0. The lowest BCUT2D eigenvalue weighted by molar-refractivity contribution is -0.384. The number of nitro groups is 1. The maximum atomic E-state index is 11.0. The van der Waals surface area contributed by atoms with Crippen LogP contribution >= 0.6 is 0 Å². The molecule has 6 nitrogen and oxygen atoms in total. The van der Waals surface area contributed by atoms with E-state index in [2.05, 4.69) is 4.98 Å². The molecule has 110 valence electrons. The number of pyridine rings is 1. The smallest absolute Gasteiger partial charge is 0.311 e. The fourth-order valence-electron chi connectivity index (χ4n) is 2.46. The van der Waals surface area contributed by atoms with Crippen molar-refractivity contribution in [2.45, 2.75) is 45.3 Å². The van der Waals surface area contributed by atoms with E-state index in [0.717, 1.165) is 25.9 Å². The van der Waals surface area contributed by atoms with Gasteiger partial charge in [0.05, 0.1) is 16.6 Å². The van der Waals surface area contributed by atoms with Crippen LogP contribution in [-0.4, -0.2) is 34.7 Å². The zero-order chi connectivity index (χ0) is 14.8. The van der Waals surface area contributed by atoms with Gasteiger partial charge in [0.1, 0.15) is 0 Å². The van der Waals surface area contributed by atoms with Gasteiger partial charge < -0.3 is 9.64 Å². The molecule has 1 aliphatic heterocycles. The van der Waals surface area contributed by atoms with Crippen LogP contribution < -0.4 is 4.90 Å². The van der Waals surface area contributed by atoms with Crippen LogP contribution in [0.25, 0.3) is 0 Å². The van der Waals surface area contributed by atoms with E-state index in [1.54, 1.807) is 12.3 Å². The first-order valence-electron chi connectivity index (χ1n) is 6.89. The molecule has 20 heavy (non-hydrogen) atoms. The van der Waals surface area contributed by atoms with Crippen molar-refractivity contribution in [3.8, 4) is 0 Å². The number of hydrogen-bond acceptors (Lipinski definition) is 5. The Balaban J connectivity index is 2.03. The highest BCUT2D eigenvalue weighted by Crippen LogP contribution is 2.29. The minimum Gasteiger partial charge on any atom is -0.372 e. The summed E-state index contributed by atoms with van der Waals surface area (Å²) in [5, 5.41) is 11.0. The van der Waals surface area contributed by atoms with Crippen molar-refractivity contribution in [3.63, 3.8) is 0 Å². The van der Waals surface area contributed by atoms with E-state index in [1.807, 2.05) is 25.7 Å². The molecule has 0 aromatic carbocycles. The number of rotatable bonds is 3. The van der Waals surface area contributed by atoms with Crippen molar-refractivity contribution in [3.05, 3.63) is 28.4 Å². The van der Waals surface area contributed by atoms with E-state index < -0.39 is 0 Å². The predicted octanol–water partition coefficient (Wildman–Crippen LogP) is 2.77. The Bertz CT molecular complexity index is 477. The van der Waals surface area contributed by atoms with E-state index in [1.165, 1.54) is 6.07 Å². The fraction of sp³-hybridized carbons (Fsp3) is 0.643. The maximum Gasteiger partial charge on any atom is 0.311 e. The summed E-state index contributed by atoms with van der Waals surface area (Å²) in [4.78, 5) is 16.8. The highest BCUT2D eigenvalue weighted by Gasteiger charge is 2.28. The third kappa shape index (κ3) is 3.66. The topological polar surface area (TPSA) is 68.5 Å². The van der Waals surface area contributed by atoms with Crippen molar-refractivity contribution in [1.29, 1.82) is 0 Å². The van der Waals surface area contributed by atoms with E-state index in [0.29, 0.717) is 5.82 Å². The Morgan fingerprint density at radius 2 is 2.05 bits per heavy atom. The van der Waals surface area contributed by atoms with Gasteiger partial charge >= 0.3 is 5.69 Å². The van der Waals surface area contributed by atoms with E-state index in [4.69, 9.17) is 4.74 Å². The number of piperidine rings is 1. The third-order valence-electron chi connectivity index (χ3n) is 3.22. The summed E-state index contributed by atoms with van der Waals surface area (Å²) < 4.78 is 5.96.